The molecule has 15 heteroatoms. The Kier molecular flexibility index (Phi) is 7.65. The summed E-state index contributed by atoms with van der Waals surface area (Å²) >= 11 is 0.897. The van der Waals surface area contributed by atoms with Crippen molar-refractivity contribution < 1.29 is 50.2 Å². The molecule has 0 aromatic carbocycles. The van der Waals surface area contributed by atoms with Gasteiger partial charge in [-0.05, 0) is 38.2 Å². The number of hydrogen-bond acceptors (Lipinski definition) is 6. The van der Waals surface area contributed by atoms with Gasteiger partial charge in [-0.25, -0.2) is 9.59 Å². The largest absolute Gasteiger partial charge is 0.462 e. The number of ether oxygens (including phenoxy) is 2. The zero-order valence-corrected chi connectivity index (χ0v) is 17.4. The molecule has 0 saturated heterocycles. The highest BCUT2D eigenvalue weighted by atomic mass is 32.1. The lowest BCUT2D eigenvalue weighted by Crippen LogP contribution is -2.67. The van der Waals surface area contributed by atoms with Gasteiger partial charge in [-0.15, -0.1) is 11.3 Å². The average molecular weight is 491 g/mol. The number of amides is 3. The predicted octanol–water partition coefficient (Wildman–Crippen LogP) is 3.25. The average Bonchev–Trinajstić information content (AvgIpc) is 3.01. The van der Waals surface area contributed by atoms with Crippen molar-refractivity contribution in [1.82, 2.24) is 5.32 Å². The van der Waals surface area contributed by atoms with Crippen LogP contribution in [0.1, 0.15) is 40.6 Å². The fourth-order valence-corrected chi connectivity index (χ4v) is 4.34. The number of alkyl halides is 6. The molecule has 4 N–H and O–H groups in total. The van der Waals surface area contributed by atoms with E-state index in [1.165, 1.54) is 0 Å². The summed E-state index contributed by atoms with van der Waals surface area (Å²) in [5.41, 5.74) is 1.32. The molecule has 1 aliphatic rings. The summed E-state index contributed by atoms with van der Waals surface area (Å²) in [7, 11) is 0. The van der Waals surface area contributed by atoms with Gasteiger partial charge in [0.25, 0.3) is 5.91 Å². The number of fused-ring (bicyclic) bond motifs is 1. The Bertz CT molecular complexity index is 885. The van der Waals surface area contributed by atoms with Crippen LogP contribution < -0.4 is 16.4 Å². The molecule has 0 fully saturated rings. The Balaban J connectivity index is 2.39. The van der Waals surface area contributed by atoms with Crippen LogP contribution in [-0.2, 0) is 27.1 Å². The monoisotopic (exact) mass is 491 g/mol. The summed E-state index contributed by atoms with van der Waals surface area (Å²) in [6.45, 7) is -2.04. The standard InChI is InChI=1S/C17H19F6N3O5S/c1-2-30-13(28)16(17(21,22)23,31-7-15(18,19)20)26-14(29)25-12-10(11(24)27)8-5-3-4-6-9(8)32-12/h2-7H2,1H3,(H2,24,27)(H2,25,26,29)/t16-/m0/s1. The molecule has 8 nitrogen and oxygen atoms in total. The maximum atomic E-state index is 13.7. The Morgan fingerprint density at radius 3 is 2.25 bits per heavy atom. The van der Waals surface area contributed by atoms with Gasteiger partial charge in [0.05, 0.1) is 12.2 Å². The lowest BCUT2D eigenvalue weighted by molar-refractivity contribution is -0.305. The molecule has 1 heterocycles. The number of rotatable bonds is 7. The fourth-order valence-electron chi connectivity index (χ4n) is 3.05. The molecule has 3 amide bonds. The van der Waals surface area contributed by atoms with Crippen molar-refractivity contribution in [3.63, 3.8) is 0 Å². The highest BCUT2D eigenvalue weighted by Crippen LogP contribution is 2.39. The van der Waals surface area contributed by atoms with Crippen molar-refractivity contribution in [2.45, 2.75) is 50.7 Å². The van der Waals surface area contributed by atoms with E-state index >= 15 is 0 Å². The zero-order chi connectivity index (χ0) is 24.3. The first-order valence-electron chi connectivity index (χ1n) is 9.20. The van der Waals surface area contributed by atoms with E-state index < -0.39 is 49.2 Å². The molecule has 0 unspecified atom stereocenters. The van der Waals surface area contributed by atoms with E-state index in [-0.39, 0.29) is 10.6 Å². The number of hydrogen-bond donors (Lipinski definition) is 3. The van der Waals surface area contributed by atoms with E-state index in [0.29, 0.717) is 23.3 Å². The van der Waals surface area contributed by atoms with Crippen LogP contribution in [0.3, 0.4) is 0 Å². The van der Waals surface area contributed by atoms with E-state index in [1.807, 2.05) is 5.32 Å². The summed E-state index contributed by atoms with van der Waals surface area (Å²) in [6, 6.07) is -1.75. The molecule has 0 bridgehead atoms. The van der Waals surface area contributed by atoms with Crippen LogP contribution in [0.2, 0.25) is 0 Å². The van der Waals surface area contributed by atoms with E-state index in [4.69, 9.17) is 5.73 Å². The van der Waals surface area contributed by atoms with Gasteiger partial charge >= 0.3 is 30.1 Å². The van der Waals surface area contributed by atoms with Crippen molar-refractivity contribution in [2.75, 3.05) is 18.5 Å². The molecule has 1 aromatic rings. The summed E-state index contributed by atoms with van der Waals surface area (Å²) in [6.07, 6.45) is -8.58. The molecule has 2 rings (SSSR count). The normalized spacial score (nSPS) is 16.0. The third kappa shape index (κ3) is 5.62. The van der Waals surface area contributed by atoms with Crippen molar-refractivity contribution in [2.24, 2.45) is 5.73 Å². The molecule has 1 aliphatic carbocycles. The molecular formula is C17H19F6N3O5S. The topological polar surface area (TPSA) is 120 Å². The second-order valence-corrected chi connectivity index (χ2v) is 7.77. The number of nitrogens with two attached hydrogens (primary N) is 1. The highest BCUT2D eigenvalue weighted by molar-refractivity contribution is 7.17. The molecule has 0 radical (unpaired) electrons. The van der Waals surface area contributed by atoms with Crippen LogP contribution in [0.15, 0.2) is 0 Å². The van der Waals surface area contributed by atoms with Gasteiger partial charge in [0.2, 0.25) is 0 Å². The minimum atomic E-state index is -5.83. The van der Waals surface area contributed by atoms with Gasteiger partial charge in [-0.3, -0.25) is 15.4 Å². The molecule has 32 heavy (non-hydrogen) atoms. The number of anilines is 1. The van der Waals surface area contributed by atoms with E-state index in [2.05, 4.69) is 9.47 Å². The van der Waals surface area contributed by atoms with Gasteiger partial charge in [-0.2, -0.15) is 26.3 Å². The number of halogens is 6. The predicted molar refractivity (Wildman–Crippen MR) is 99.1 cm³/mol. The quantitative estimate of drug-likeness (QED) is 0.307. The molecule has 1 aromatic heterocycles. The Labute approximate surface area is 181 Å². The molecular weight excluding hydrogens is 472 g/mol. The van der Waals surface area contributed by atoms with Crippen molar-refractivity contribution in [3.05, 3.63) is 16.0 Å². The van der Waals surface area contributed by atoms with Crippen LogP contribution in [0.25, 0.3) is 0 Å². The number of carbonyl (C=O) groups excluding carboxylic acids is 3. The number of thiophene rings is 1. The van der Waals surface area contributed by atoms with Crippen LogP contribution in [0.5, 0.6) is 0 Å². The fraction of sp³-hybridized carbons (Fsp3) is 0.588. The number of carbonyl (C=O) groups is 3. The van der Waals surface area contributed by atoms with Gasteiger partial charge < -0.3 is 15.2 Å². The van der Waals surface area contributed by atoms with E-state index in [1.54, 1.807) is 0 Å². The summed E-state index contributed by atoms with van der Waals surface area (Å²) in [5.74, 6) is -3.24. The van der Waals surface area contributed by atoms with E-state index in [9.17, 15) is 40.7 Å². The first-order valence-corrected chi connectivity index (χ1v) is 10.0. The van der Waals surface area contributed by atoms with Crippen molar-refractivity contribution >= 4 is 34.2 Å². The Hall–Kier alpha value is -2.55. The number of primary amides is 1. The maximum Gasteiger partial charge on any atom is 0.448 e. The first kappa shape index (κ1) is 25.7. The number of esters is 1. The second kappa shape index (κ2) is 9.52. The Morgan fingerprint density at radius 2 is 1.72 bits per heavy atom. The number of aryl methyl sites for hydroxylation is 1. The Morgan fingerprint density at radius 1 is 1.09 bits per heavy atom. The SMILES string of the molecule is CCOC(=O)[C@](NC(=O)Nc1sc2c(c1C(N)=O)CCCC2)(OCC(F)(F)F)C(F)(F)F. The van der Waals surface area contributed by atoms with Crippen LogP contribution in [0.4, 0.5) is 36.1 Å². The number of urea groups is 1. The minimum absolute atomic E-state index is 0.107. The zero-order valence-electron chi connectivity index (χ0n) is 16.5. The number of nitrogens with one attached hydrogen (secondary N) is 2. The summed E-state index contributed by atoms with van der Waals surface area (Å²) in [4.78, 5) is 36.9. The van der Waals surface area contributed by atoms with Crippen LogP contribution in [0, 0.1) is 0 Å². The lowest BCUT2D eigenvalue weighted by atomic mass is 9.95. The van der Waals surface area contributed by atoms with Crippen molar-refractivity contribution in [1.29, 1.82) is 0 Å². The third-order valence-corrected chi connectivity index (χ3v) is 5.56. The van der Waals surface area contributed by atoms with Crippen LogP contribution in [-0.4, -0.2) is 49.2 Å². The summed E-state index contributed by atoms with van der Waals surface area (Å²) in [5, 5.41) is 2.88. The minimum Gasteiger partial charge on any atom is -0.462 e. The van der Waals surface area contributed by atoms with Crippen molar-refractivity contribution in [3.8, 4) is 0 Å². The van der Waals surface area contributed by atoms with E-state index in [0.717, 1.165) is 36.4 Å². The molecule has 1 atom stereocenters. The highest BCUT2D eigenvalue weighted by Gasteiger charge is 2.66. The summed E-state index contributed by atoms with van der Waals surface area (Å²) < 4.78 is 86.9. The molecule has 0 spiro atoms. The molecule has 180 valence electrons. The molecule has 0 aliphatic heterocycles. The van der Waals surface area contributed by atoms with Gasteiger partial charge in [0.15, 0.2) is 0 Å². The smallest absolute Gasteiger partial charge is 0.448 e. The second-order valence-electron chi connectivity index (χ2n) is 6.66. The molecule has 0 saturated carbocycles. The lowest BCUT2D eigenvalue weighted by Gasteiger charge is -2.33. The van der Waals surface area contributed by atoms with Gasteiger partial charge in [0.1, 0.15) is 11.6 Å². The van der Waals surface area contributed by atoms with Gasteiger partial charge in [0, 0.05) is 4.88 Å². The van der Waals surface area contributed by atoms with Gasteiger partial charge in [-0.1, -0.05) is 0 Å². The first-order chi connectivity index (χ1) is 14.7. The third-order valence-electron chi connectivity index (χ3n) is 4.35. The van der Waals surface area contributed by atoms with Crippen LogP contribution >= 0.6 is 11.3 Å². The maximum absolute atomic E-state index is 13.7.